The van der Waals surface area contributed by atoms with E-state index in [-0.39, 0.29) is 5.78 Å². The molecule has 3 rings (SSSR count). The molecule has 4 nitrogen and oxygen atoms in total. The van der Waals surface area contributed by atoms with Crippen molar-refractivity contribution in [3.63, 3.8) is 0 Å². The van der Waals surface area contributed by atoms with Gasteiger partial charge >= 0.3 is 0 Å². The van der Waals surface area contributed by atoms with Crippen molar-refractivity contribution in [3.8, 4) is 0 Å². The fourth-order valence-corrected chi connectivity index (χ4v) is 1.79. The lowest BCUT2D eigenvalue weighted by molar-refractivity contribution is 0.101. The van der Waals surface area contributed by atoms with Crippen LogP contribution in [0.1, 0.15) is 17.3 Å². The molecule has 0 unspecified atom stereocenters. The number of nitrogens with one attached hydrogen (secondary N) is 1. The van der Waals surface area contributed by atoms with Crippen molar-refractivity contribution in [2.45, 2.75) is 6.92 Å². The predicted octanol–water partition coefficient (Wildman–Crippen LogP) is 2.02. The van der Waals surface area contributed by atoms with Crippen molar-refractivity contribution < 1.29 is 4.79 Å². The topological polar surface area (TPSA) is 50.2 Å². The molecule has 0 saturated carbocycles. The number of carbonyl (C=O) groups is 1. The first-order chi connectivity index (χ1) is 7.27. The van der Waals surface area contributed by atoms with Crippen molar-refractivity contribution >= 4 is 22.5 Å². The lowest BCUT2D eigenvalue weighted by atomic mass is 10.2. The van der Waals surface area contributed by atoms with Crippen LogP contribution in [0.15, 0.2) is 30.5 Å². The minimum absolute atomic E-state index is 0.0246. The first-order valence-corrected chi connectivity index (χ1v) is 4.73. The zero-order valence-corrected chi connectivity index (χ0v) is 8.19. The number of hydrogen-bond acceptors (Lipinski definition) is 2. The number of aromatic nitrogens is 3. The van der Waals surface area contributed by atoms with E-state index in [1.165, 1.54) is 0 Å². The maximum atomic E-state index is 11.3. The molecule has 0 fully saturated rings. The Balaban J connectivity index is 2.50. The number of Topliss-reactive ketones (excluding diaryl/α,β-unsaturated/α-hetero) is 1. The quantitative estimate of drug-likeness (QED) is 0.609. The van der Waals surface area contributed by atoms with E-state index in [0.29, 0.717) is 11.2 Å². The summed E-state index contributed by atoms with van der Waals surface area (Å²) in [7, 11) is 0. The molecule has 0 amide bonds. The molecular weight excluding hydrogens is 190 g/mol. The van der Waals surface area contributed by atoms with Gasteiger partial charge in [-0.05, 0) is 19.1 Å². The number of ketones is 1. The molecule has 1 N–H and O–H groups in total. The third-order valence-electron chi connectivity index (χ3n) is 2.52. The van der Waals surface area contributed by atoms with E-state index in [1.54, 1.807) is 13.1 Å². The van der Waals surface area contributed by atoms with Crippen LogP contribution < -0.4 is 0 Å². The van der Waals surface area contributed by atoms with E-state index < -0.39 is 0 Å². The molecule has 3 aromatic rings. The zero-order valence-electron chi connectivity index (χ0n) is 8.19. The number of imidazole rings is 1. The summed E-state index contributed by atoms with van der Waals surface area (Å²) in [4.78, 5) is 15.7. The van der Waals surface area contributed by atoms with Gasteiger partial charge in [0.2, 0.25) is 0 Å². The number of aromatic amines is 1. The first-order valence-electron chi connectivity index (χ1n) is 4.73. The largest absolute Gasteiger partial charge is 0.299 e. The molecule has 0 atom stereocenters. The standard InChI is InChI=1S/C11H9N3O/c1-7(15)8-6-12-14-10-5-3-2-4-9(10)13-11(8)14/h2-6,12H,1H3. The van der Waals surface area contributed by atoms with Crippen LogP contribution in [0.25, 0.3) is 16.7 Å². The van der Waals surface area contributed by atoms with Crippen LogP contribution in [0.4, 0.5) is 0 Å². The lowest BCUT2D eigenvalue weighted by Crippen LogP contribution is -1.89. The highest BCUT2D eigenvalue weighted by molar-refractivity contribution is 6.01. The molecule has 2 heterocycles. The third kappa shape index (κ3) is 1.01. The normalized spacial score (nSPS) is 11.3. The van der Waals surface area contributed by atoms with Crippen molar-refractivity contribution in [2.75, 3.05) is 0 Å². The molecule has 0 aliphatic carbocycles. The van der Waals surface area contributed by atoms with E-state index in [1.807, 2.05) is 28.8 Å². The molecule has 0 radical (unpaired) electrons. The minimum atomic E-state index is 0.0246. The molecule has 0 aliphatic rings. The SMILES string of the molecule is CC(=O)c1c[nH]n2c1nc1ccccc12. The van der Waals surface area contributed by atoms with E-state index in [4.69, 9.17) is 0 Å². The van der Waals surface area contributed by atoms with Gasteiger partial charge in [-0.25, -0.2) is 9.50 Å². The average molecular weight is 199 g/mol. The second-order valence-corrected chi connectivity index (χ2v) is 3.50. The second kappa shape index (κ2) is 2.70. The fraction of sp³-hybridized carbons (Fsp3) is 0.0909. The van der Waals surface area contributed by atoms with Gasteiger partial charge in [0.15, 0.2) is 11.4 Å². The molecule has 0 bridgehead atoms. The van der Waals surface area contributed by atoms with Gasteiger partial charge in [0.25, 0.3) is 0 Å². The van der Waals surface area contributed by atoms with Crippen molar-refractivity contribution in [1.82, 2.24) is 14.6 Å². The summed E-state index contributed by atoms with van der Waals surface area (Å²) in [6.45, 7) is 1.54. The van der Waals surface area contributed by atoms with Crippen molar-refractivity contribution in [3.05, 3.63) is 36.0 Å². The summed E-state index contributed by atoms with van der Waals surface area (Å²) < 4.78 is 1.83. The summed E-state index contributed by atoms with van der Waals surface area (Å²) in [5, 5.41) is 3.03. The van der Waals surface area contributed by atoms with Gasteiger partial charge in [0, 0.05) is 6.20 Å². The van der Waals surface area contributed by atoms with Gasteiger partial charge in [-0.1, -0.05) is 12.1 Å². The van der Waals surface area contributed by atoms with Crippen LogP contribution in [-0.4, -0.2) is 20.4 Å². The number of para-hydroxylation sites is 2. The Kier molecular flexibility index (Phi) is 1.48. The average Bonchev–Trinajstić information content (AvgIpc) is 2.74. The number of nitrogens with zero attached hydrogens (tertiary/aromatic N) is 2. The van der Waals surface area contributed by atoms with Crippen molar-refractivity contribution in [1.29, 1.82) is 0 Å². The predicted molar refractivity (Wildman–Crippen MR) is 57.1 cm³/mol. The Labute approximate surface area is 85.5 Å². The van der Waals surface area contributed by atoms with Crippen LogP contribution in [0.2, 0.25) is 0 Å². The maximum Gasteiger partial charge on any atom is 0.165 e. The number of benzene rings is 1. The number of H-pyrrole nitrogens is 1. The van der Waals surface area contributed by atoms with E-state index in [2.05, 4.69) is 10.1 Å². The summed E-state index contributed by atoms with van der Waals surface area (Å²) >= 11 is 0. The minimum Gasteiger partial charge on any atom is -0.299 e. The Bertz CT molecular complexity index is 663. The maximum absolute atomic E-state index is 11.3. The first kappa shape index (κ1) is 8.23. The highest BCUT2D eigenvalue weighted by atomic mass is 16.1. The number of rotatable bonds is 1. The van der Waals surface area contributed by atoms with E-state index >= 15 is 0 Å². The van der Waals surface area contributed by atoms with Crippen LogP contribution in [-0.2, 0) is 0 Å². The molecule has 0 saturated heterocycles. The molecule has 74 valence electrons. The van der Waals surface area contributed by atoms with Crippen LogP contribution in [0.5, 0.6) is 0 Å². The molecule has 1 aromatic carbocycles. The second-order valence-electron chi connectivity index (χ2n) is 3.50. The van der Waals surface area contributed by atoms with Crippen molar-refractivity contribution in [2.24, 2.45) is 0 Å². The van der Waals surface area contributed by atoms with Crippen LogP contribution >= 0.6 is 0 Å². The Morgan fingerprint density at radius 1 is 1.40 bits per heavy atom. The molecule has 0 aliphatic heterocycles. The summed E-state index contributed by atoms with van der Waals surface area (Å²) in [6.07, 6.45) is 1.69. The van der Waals surface area contributed by atoms with Gasteiger partial charge in [-0.3, -0.25) is 9.89 Å². The summed E-state index contributed by atoms with van der Waals surface area (Å²) in [5.74, 6) is 0.0246. The molecule has 4 heteroatoms. The molecule has 2 aromatic heterocycles. The molecule has 0 spiro atoms. The summed E-state index contributed by atoms with van der Waals surface area (Å²) in [5.41, 5.74) is 3.21. The number of hydrogen-bond donors (Lipinski definition) is 1. The number of fused-ring (bicyclic) bond motifs is 3. The van der Waals surface area contributed by atoms with Gasteiger partial charge in [-0.15, -0.1) is 0 Å². The molecular formula is C11H9N3O. The van der Waals surface area contributed by atoms with E-state index in [9.17, 15) is 4.79 Å². The number of carbonyl (C=O) groups excluding carboxylic acids is 1. The highest BCUT2D eigenvalue weighted by Gasteiger charge is 2.12. The fourth-order valence-electron chi connectivity index (χ4n) is 1.79. The lowest BCUT2D eigenvalue weighted by Gasteiger charge is -1.87. The Hall–Kier alpha value is -2.10. The van der Waals surface area contributed by atoms with Gasteiger partial charge in [0.1, 0.15) is 0 Å². The smallest absolute Gasteiger partial charge is 0.165 e. The Morgan fingerprint density at radius 2 is 2.20 bits per heavy atom. The van der Waals surface area contributed by atoms with Gasteiger partial charge < -0.3 is 0 Å². The highest BCUT2D eigenvalue weighted by Crippen LogP contribution is 2.18. The van der Waals surface area contributed by atoms with Crippen LogP contribution in [0.3, 0.4) is 0 Å². The van der Waals surface area contributed by atoms with Gasteiger partial charge in [-0.2, -0.15) is 0 Å². The molecule has 15 heavy (non-hydrogen) atoms. The Morgan fingerprint density at radius 3 is 3.00 bits per heavy atom. The van der Waals surface area contributed by atoms with Crippen LogP contribution in [0, 0.1) is 0 Å². The van der Waals surface area contributed by atoms with E-state index in [0.717, 1.165) is 11.0 Å². The zero-order chi connectivity index (χ0) is 10.4. The third-order valence-corrected chi connectivity index (χ3v) is 2.52. The monoisotopic (exact) mass is 199 g/mol. The van der Waals surface area contributed by atoms with Gasteiger partial charge in [0.05, 0.1) is 16.6 Å². The summed E-state index contributed by atoms with van der Waals surface area (Å²) in [6, 6.07) is 7.78.